The highest BCUT2D eigenvalue weighted by atomic mass is 14.1. The standard InChI is InChI=1S/C10H6/c1-2-8-3-4-9-5-6-10(9)7-8/h1,3-7H. The molecule has 1 aromatic rings. The zero-order valence-corrected chi connectivity index (χ0v) is 5.46. The van der Waals surface area contributed by atoms with Gasteiger partial charge in [0.25, 0.3) is 0 Å². The first-order valence-electron chi connectivity index (χ1n) is 3.19. The van der Waals surface area contributed by atoms with Crippen LogP contribution in [-0.4, -0.2) is 0 Å². The summed E-state index contributed by atoms with van der Waals surface area (Å²) in [6.45, 7) is 0. The van der Waals surface area contributed by atoms with Crippen molar-refractivity contribution >= 4 is 12.2 Å². The van der Waals surface area contributed by atoms with E-state index in [0.717, 1.165) is 5.56 Å². The van der Waals surface area contributed by atoms with Crippen molar-refractivity contribution < 1.29 is 0 Å². The van der Waals surface area contributed by atoms with Crippen LogP contribution in [-0.2, 0) is 0 Å². The van der Waals surface area contributed by atoms with Gasteiger partial charge in [0, 0.05) is 5.56 Å². The van der Waals surface area contributed by atoms with E-state index in [4.69, 9.17) is 6.42 Å². The van der Waals surface area contributed by atoms with Crippen molar-refractivity contribution in [1.29, 1.82) is 0 Å². The lowest BCUT2D eigenvalue weighted by Gasteiger charge is -2.08. The van der Waals surface area contributed by atoms with Gasteiger partial charge in [-0.25, -0.2) is 0 Å². The minimum Gasteiger partial charge on any atom is -0.115 e. The smallest absolute Gasteiger partial charge is 0.0248 e. The molecule has 0 N–H and O–H groups in total. The minimum atomic E-state index is 0.961. The molecule has 1 aliphatic rings. The Kier molecular flexibility index (Phi) is 0.930. The summed E-state index contributed by atoms with van der Waals surface area (Å²) >= 11 is 0. The summed E-state index contributed by atoms with van der Waals surface area (Å²) in [5, 5.41) is 0. The number of rotatable bonds is 0. The fraction of sp³-hybridized carbons (Fsp3) is 0. The second-order valence-electron chi connectivity index (χ2n) is 2.32. The highest BCUT2D eigenvalue weighted by Gasteiger charge is 2.03. The highest BCUT2D eigenvalue weighted by Crippen LogP contribution is 2.23. The fourth-order valence-corrected chi connectivity index (χ4v) is 1.04. The van der Waals surface area contributed by atoms with E-state index in [1.165, 1.54) is 11.1 Å². The molecular formula is C10H6. The minimum absolute atomic E-state index is 0.961. The quantitative estimate of drug-likeness (QED) is 0.474. The van der Waals surface area contributed by atoms with Gasteiger partial charge in [0.1, 0.15) is 0 Å². The molecule has 0 saturated carbocycles. The van der Waals surface area contributed by atoms with E-state index >= 15 is 0 Å². The van der Waals surface area contributed by atoms with Crippen molar-refractivity contribution in [2.24, 2.45) is 0 Å². The van der Waals surface area contributed by atoms with Gasteiger partial charge in [0.15, 0.2) is 0 Å². The van der Waals surface area contributed by atoms with Gasteiger partial charge in [-0.1, -0.05) is 24.1 Å². The van der Waals surface area contributed by atoms with E-state index in [2.05, 4.69) is 18.1 Å². The predicted octanol–water partition coefficient (Wildman–Crippen LogP) is 2.15. The third kappa shape index (κ3) is 0.579. The molecule has 0 unspecified atom stereocenters. The maximum atomic E-state index is 5.22. The van der Waals surface area contributed by atoms with Crippen molar-refractivity contribution in [2.75, 3.05) is 0 Å². The zero-order valence-electron chi connectivity index (χ0n) is 5.46. The molecule has 0 heteroatoms. The average molecular weight is 126 g/mol. The van der Waals surface area contributed by atoms with Crippen LogP contribution in [0.1, 0.15) is 16.7 Å². The van der Waals surface area contributed by atoms with Crippen LogP contribution in [0.5, 0.6) is 0 Å². The lowest BCUT2D eigenvalue weighted by molar-refractivity contribution is 1.54. The Morgan fingerprint density at radius 1 is 1.10 bits per heavy atom. The maximum absolute atomic E-state index is 5.22. The predicted molar refractivity (Wildman–Crippen MR) is 43.3 cm³/mol. The Hall–Kier alpha value is -1.48. The molecule has 0 saturated heterocycles. The molecular weight excluding hydrogens is 120 g/mol. The molecule has 0 nitrogen and oxygen atoms in total. The largest absolute Gasteiger partial charge is 0.115 e. The number of hydrogen-bond acceptors (Lipinski definition) is 0. The summed E-state index contributed by atoms with van der Waals surface area (Å²) in [5.74, 6) is 2.60. The normalized spacial score (nSPS) is 11.5. The molecule has 0 aliphatic heterocycles. The van der Waals surface area contributed by atoms with Gasteiger partial charge in [0.2, 0.25) is 0 Å². The molecule has 0 atom stereocenters. The van der Waals surface area contributed by atoms with E-state index in [1.807, 2.05) is 18.2 Å². The van der Waals surface area contributed by atoms with Crippen LogP contribution >= 0.6 is 0 Å². The third-order valence-electron chi connectivity index (χ3n) is 1.70. The van der Waals surface area contributed by atoms with Crippen molar-refractivity contribution in [2.45, 2.75) is 0 Å². The maximum Gasteiger partial charge on any atom is 0.0248 e. The van der Waals surface area contributed by atoms with Gasteiger partial charge < -0.3 is 0 Å². The Labute approximate surface area is 60.2 Å². The Balaban J connectivity index is 2.59. The van der Waals surface area contributed by atoms with Crippen LogP contribution in [0.3, 0.4) is 0 Å². The summed E-state index contributed by atoms with van der Waals surface area (Å²) < 4.78 is 0. The van der Waals surface area contributed by atoms with Gasteiger partial charge >= 0.3 is 0 Å². The lowest BCUT2D eigenvalue weighted by Crippen LogP contribution is -1.89. The first-order valence-corrected chi connectivity index (χ1v) is 3.19. The van der Waals surface area contributed by atoms with Crippen molar-refractivity contribution in [3.63, 3.8) is 0 Å². The number of hydrogen-bond donors (Lipinski definition) is 0. The van der Waals surface area contributed by atoms with Gasteiger partial charge in [-0.15, -0.1) is 6.42 Å². The fourth-order valence-electron chi connectivity index (χ4n) is 1.04. The van der Waals surface area contributed by atoms with Crippen molar-refractivity contribution in [3.8, 4) is 12.3 Å². The summed E-state index contributed by atoms with van der Waals surface area (Å²) in [5.41, 5.74) is 3.51. The van der Waals surface area contributed by atoms with Gasteiger partial charge in [-0.05, 0) is 23.3 Å². The Bertz CT molecular complexity index is 338. The Morgan fingerprint density at radius 3 is 2.40 bits per heavy atom. The Morgan fingerprint density at radius 2 is 1.90 bits per heavy atom. The molecule has 10 heavy (non-hydrogen) atoms. The molecule has 0 spiro atoms. The average Bonchev–Trinajstić information content (AvgIpc) is 1.92. The zero-order chi connectivity index (χ0) is 6.97. The van der Waals surface area contributed by atoms with Gasteiger partial charge in [-0.3, -0.25) is 0 Å². The SMILES string of the molecule is C#Cc1ccc2c(c1)C=C2. The lowest BCUT2D eigenvalue weighted by atomic mass is 9.96. The van der Waals surface area contributed by atoms with Gasteiger partial charge in [0.05, 0.1) is 0 Å². The second-order valence-corrected chi connectivity index (χ2v) is 2.32. The van der Waals surface area contributed by atoms with Crippen LogP contribution in [0, 0.1) is 12.3 Å². The topological polar surface area (TPSA) is 0 Å². The summed E-state index contributed by atoms with van der Waals surface area (Å²) in [7, 11) is 0. The summed E-state index contributed by atoms with van der Waals surface area (Å²) in [6.07, 6.45) is 9.36. The molecule has 0 amide bonds. The van der Waals surface area contributed by atoms with Crippen LogP contribution < -0.4 is 0 Å². The number of benzene rings is 1. The molecule has 0 radical (unpaired) electrons. The number of terminal acetylenes is 1. The third-order valence-corrected chi connectivity index (χ3v) is 1.70. The van der Waals surface area contributed by atoms with Crippen LogP contribution in [0.2, 0.25) is 0 Å². The summed E-state index contributed by atoms with van der Waals surface area (Å²) in [6, 6.07) is 6.03. The number of fused-ring (bicyclic) bond motifs is 1. The molecule has 1 aromatic carbocycles. The molecule has 1 aliphatic carbocycles. The molecule has 2 rings (SSSR count). The van der Waals surface area contributed by atoms with E-state index in [1.54, 1.807) is 0 Å². The van der Waals surface area contributed by atoms with Crippen LogP contribution in [0.25, 0.3) is 12.2 Å². The molecule has 46 valence electrons. The first kappa shape index (κ1) is 5.32. The van der Waals surface area contributed by atoms with E-state index in [-0.39, 0.29) is 0 Å². The molecule has 0 fully saturated rings. The molecule has 0 bridgehead atoms. The summed E-state index contributed by atoms with van der Waals surface area (Å²) in [4.78, 5) is 0. The van der Waals surface area contributed by atoms with Crippen LogP contribution in [0.4, 0.5) is 0 Å². The van der Waals surface area contributed by atoms with Crippen molar-refractivity contribution in [3.05, 3.63) is 34.9 Å². The highest BCUT2D eigenvalue weighted by molar-refractivity contribution is 5.86. The second kappa shape index (κ2) is 1.75. The van der Waals surface area contributed by atoms with E-state index in [0.29, 0.717) is 0 Å². The van der Waals surface area contributed by atoms with E-state index in [9.17, 15) is 0 Å². The van der Waals surface area contributed by atoms with Crippen LogP contribution in [0.15, 0.2) is 18.2 Å². The molecule has 0 aromatic heterocycles. The van der Waals surface area contributed by atoms with Crippen molar-refractivity contribution in [1.82, 2.24) is 0 Å². The molecule has 0 heterocycles. The van der Waals surface area contributed by atoms with E-state index < -0.39 is 0 Å². The van der Waals surface area contributed by atoms with Gasteiger partial charge in [-0.2, -0.15) is 0 Å². The monoisotopic (exact) mass is 126 g/mol. The first-order chi connectivity index (χ1) is 4.90.